The summed E-state index contributed by atoms with van der Waals surface area (Å²) in [6.45, 7) is 13.7. The minimum atomic E-state index is -1.07. The maximum absolute atomic E-state index is 9.63. The zero-order valence-electron chi connectivity index (χ0n) is 14.3. The van der Waals surface area contributed by atoms with E-state index in [4.69, 9.17) is 9.47 Å². The average molecular weight is 323 g/mol. The van der Waals surface area contributed by atoms with Crippen molar-refractivity contribution in [2.75, 3.05) is 13.4 Å². The number of aliphatic hydroxyl groups is 1. The summed E-state index contributed by atoms with van der Waals surface area (Å²) in [5, 5.41) is 9.63. The summed E-state index contributed by atoms with van der Waals surface area (Å²) in [7, 11) is -1.07. The summed E-state index contributed by atoms with van der Waals surface area (Å²) < 4.78 is 11.5. The monoisotopic (exact) mass is 322 g/mol. The summed E-state index contributed by atoms with van der Waals surface area (Å²) >= 11 is 0. The van der Waals surface area contributed by atoms with Gasteiger partial charge in [-0.2, -0.15) is 0 Å². The van der Waals surface area contributed by atoms with Crippen LogP contribution in [0.5, 0.6) is 0 Å². The molecule has 0 unspecified atom stereocenters. The van der Waals surface area contributed by atoms with Gasteiger partial charge in [0.25, 0.3) is 0 Å². The molecule has 0 bridgehead atoms. The SMILES string of the molecule is C=C(C[C@H](OCOCC[Si](C)(C)C)c1ccccc1)[C@@H](C)O. The minimum absolute atomic E-state index is 0.129. The molecule has 0 heterocycles. The predicted molar refractivity (Wildman–Crippen MR) is 94.7 cm³/mol. The van der Waals surface area contributed by atoms with Crippen LogP contribution in [0.1, 0.15) is 25.0 Å². The van der Waals surface area contributed by atoms with Crippen molar-refractivity contribution in [2.45, 2.75) is 51.2 Å². The van der Waals surface area contributed by atoms with Crippen LogP contribution in [-0.4, -0.2) is 32.7 Å². The molecule has 4 heteroatoms. The molecule has 0 amide bonds. The molecule has 1 aromatic rings. The first-order valence-corrected chi connectivity index (χ1v) is 11.6. The molecule has 0 saturated carbocycles. The van der Waals surface area contributed by atoms with E-state index in [1.54, 1.807) is 6.92 Å². The zero-order valence-corrected chi connectivity index (χ0v) is 15.3. The second-order valence-corrected chi connectivity index (χ2v) is 12.6. The molecule has 0 spiro atoms. The van der Waals surface area contributed by atoms with Crippen LogP contribution >= 0.6 is 0 Å². The highest BCUT2D eigenvalue weighted by Gasteiger charge is 2.16. The van der Waals surface area contributed by atoms with Gasteiger partial charge in [0.1, 0.15) is 6.79 Å². The molecule has 0 saturated heterocycles. The van der Waals surface area contributed by atoms with E-state index in [1.807, 2.05) is 30.3 Å². The number of ether oxygens (including phenoxy) is 2. The molecule has 124 valence electrons. The first-order chi connectivity index (χ1) is 10.3. The zero-order chi connectivity index (χ0) is 16.6. The fourth-order valence-corrected chi connectivity index (χ4v) is 2.67. The van der Waals surface area contributed by atoms with Crippen molar-refractivity contribution in [3.05, 3.63) is 48.0 Å². The Balaban J connectivity index is 2.51. The highest BCUT2D eigenvalue weighted by molar-refractivity contribution is 6.76. The van der Waals surface area contributed by atoms with Crippen LogP contribution in [-0.2, 0) is 9.47 Å². The number of hydrogen-bond donors (Lipinski definition) is 1. The molecule has 0 aliphatic carbocycles. The van der Waals surface area contributed by atoms with Gasteiger partial charge in [0.15, 0.2) is 0 Å². The van der Waals surface area contributed by atoms with E-state index in [0.717, 1.165) is 23.8 Å². The van der Waals surface area contributed by atoms with Gasteiger partial charge in [-0.1, -0.05) is 56.6 Å². The van der Waals surface area contributed by atoms with E-state index in [-0.39, 0.29) is 12.9 Å². The number of aliphatic hydroxyl groups excluding tert-OH is 1. The van der Waals surface area contributed by atoms with Crippen LogP contribution in [0.25, 0.3) is 0 Å². The minimum Gasteiger partial charge on any atom is -0.389 e. The Bertz CT molecular complexity index is 437. The van der Waals surface area contributed by atoms with E-state index in [1.165, 1.54) is 0 Å². The molecule has 0 aliphatic heterocycles. The molecule has 1 rings (SSSR count). The summed E-state index contributed by atoms with van der Waals surface area (Å²) in [6.07, 6.45) is -0.0585. The number of rotatable bonds is 10. The predicted octanol–water partition coefficient (Wildman–Crippen LogP) is 4.38. The second kappa shape index (κ2) is 9.25. The van der Waals surface area contributed by atoms with Gasteiger partial charge >= 0.3 is 0 Å². The Kier molecular flexibility index (Phi) is 8.04. The summed E-state index contributed by atoms with van der Waals surface area (Å²) in [5.74, 6) is 0. The van der Waals surface area contributed by atoms with Crippen molar-refractivity contribution in [3.8, 4) is 0 Å². The van der Waals surface area contributed by atoms with Gasteiger partial charge in [0, 0.05) is 21.1 Å². The maximum Gasteiger partial charge on any atom is 0.147 e. The Hall–Kier alpha value is -0.943. The Labute approximate surface area is 136 Å². The maximum atomic E-state index is 9.63. The molecule has 1 N–H and O–H groups in total. The quantitative estimate of drug-likeness (QED) is 0.301. The molecule has 0 fully saturated rings. The average Bonchev–Trinajstić information content (AvgIpc) is 2.45. The first kappa shape index (κ1) is 19.1. The lowest BCUT2D eigenvalue weighted by Gasteiger charge is -2.21. The third kappa shape index (κ3) is 7.89. The lowest BCUT2D eigenvalue weighted by Crippen LogP contribution is -2.22. The molecule has 0 aliphatic rings. The highest BCUT2D eigenvalue weighted by atomic mass is 28.3. The normalized spacial score (nSPS) is 14.6. The van der Waals surface area contributed by atoms with Crippen molar-refractivity contribution in [1.29, 1.82) is 0 Å². The van der Waals surface area contributed by atoms with Gasteiger partial charge in [-0.25, -0.2) is 0 Å². The van der Waals surface area contributed by atoms with Crippen LogP contribution in [0.15, 0.2) is 42.5 Å². The van der Waals surface area contributed by atoms with E-state index < -0.39 is 14.2 Å². The van der Waals surface area contributed by atoms with Crippen LogP contribution in [0.4, 0.5) is 0 Å². The standard InChI is InChI=1S/C18H30O3Si/c1-15(16(2)19)13-18(17-9-7-6-8-10-17)21-14-20-11-12-22(3,4)5/h6-10,16,18-19H,1,11-14H2,2-5H3/t16-,18+/m1/s1. The topological polar surface area (TPSA) is 38.7 Å². The Morgan fingerprint density at radius 1 is 1.23 bits per heavy atom. The molecular formula is C18H30O3Si. The molecule has 1 aromatic carbocycles. The molecule has 0 radical (unpaired) electrons. The molecular weight excluding hydrogens is 292 g/mol. The van der Waals surface area contributed by atoms with E-state index in [0.29, 0.717) is 6.42 Å². The van der Waals surface area contributed by atoms with Gasteiger partial charge in [-0.3, -0.25) is 0 Å². The Morgan fingerprint density at radius 3 is 2.41 bits per heavy atom. The summed E-state index contributed by atoms with van der Waals surface area (Å²) in [5.41, 5.74) is 1.86. The van der Waals surface area contributed by atoms with Crippen molar-refractivity contribution < 1.29 is 14.6 Å². The molecule has 22 heavy (non-hydrogen) atoms. The highest BCUT2D eigenvalue weighted by Crippen LogP contribution is 2.25. The van der Waals surface area contributed by atoms with E-state index in [9.17, 15) is 5.11 Å². The van der Waals surface area contributed by atoms with Gasteiger partial charge in [0.05, 0.1) is 12.2 Å². The van der Waals surface area contributed by atoms with Crippen LogP contribution < -0.4 is 0 Å². The third-order valence-electron chi connectivity index (χ3n) is 3.56. The van der Waals surface area contributed by atoms with E-state index in [2.05, 4.69) is 26.2 Å². The van der Waals surface area contributed by atoms with Crippen molar-refractivity contribution in [3.63, 3.8) is 0 Å². The van der Waals surface area contributed by atoms with E-state index >= 15 is 0 Å². The number of benzene rings is 1. The van der Waals surface area contributed by atoms with Crippen LogP contribution in [0.3, 0.4) is 0 Å². The largest absolute Gasteiger partial charge is 0.389 e. The molecule has 2 atom stereocenters. The van der Waals surface area contributed by atoms with Crippen molar-refractivity contribution in [1.82, 2.24) is 0 Å². The smallest absolute Gasteiger partial charge is 0.147 e. The molecule has 3 nitrogen and oxygen atoms in total. The lowest BCUT2D eigenvalue weighted by atomic mass is 10.00. The van der Waals surface area contributed by atoms with Gasteiger partial charge in [0.2, 0.25) is 0 Å². The summed E-state index contributed by atoms with van der Waals surface area (Å²) in [4.78, 5) is 0. The first-order valence-electron chi connectivity index (χ1n) is 7.89. The lowest BCUT2D eigenvalue weighted by molar-refractivity contribution is -0.0884. The van der Waals surface area contributed by atoms with Gasteiger partial charge < -0.3 is 14.6 Å². The third-order valence-corrected chi connectivity index (χ3v) is 5.26. The van der Waals surface area contributed by atoms with Gasteiger partial charge in [-0.05, 0) is 24.1 Å². The van der Waals surface area contributed by atoms with Crippen molar-refractivity contribution in [2.24, 2.45) is 0 Å². The second-order valence-electron chi connectivity index (χ2n) is 6.94. The fourth-order valence-electron chi connectivity index (χ4n) is 1.92. The van der Waals surface area contributed by atoms with Crippen LogP contribution in [0, 0.1) is 0 Å². The fraction of sp³-hybridized carbons (Fsp3) is 0.556. The van der Waals surface area contributed by atoms with Gasteiger partial charge in [-0.15, -0.1) is 0 Å². The van der Waals surface area contributed by atoms with Crippen molar-refractivity contribution >= 4 is 8.07 Å². The molecule has 0 aromatic heterocycles. The summed E-state index contributed by atoms with van der Waals surface area (Å²) in [6, 6.07) is 11.1. The Morgan fingerprint density at radius 2 is 1.86 bits per heavy atom. The van der Waals surface area contributed by atoms with Crippen LogP contribution in [0.2, 0.25) is 25.7 Å². The number of hydrogen-bond acceptors (Lipinski definition) is 3.